The van der Waals surface area contributed by atoms with E-state index in [1.165, 1.54) is 31.4 Å². The number of nitro groups is 1. The number of rotatable bonds is 6. The van der Waals surface area contributed by atoms with Gasteiger partial charge in [-0.3, -0.25) is 10.1 Å². The second-order valence-corrected chi connectivity index (χ2v) is 8.17. The van der Waals surface area contributed by atoms with Crippen molar-refractivity contribution in [2.75, 3.05) is 7.11 Å². The van der Waals surface area contributed by atoms with E-state index in [1.807, 2.05) is 0 Å². The molecule has 3 rings (SSSR count). The minimum absolute atomic E-state index is 0.0203. The van der Waals surface area contributed by atoms with Crippen molar-refractivity contribution in [3.63, 3.8) is 0 Å². The molecule has 0 radical (unpaired) electrons. The molecule has 0 aliphatic heterocycles. The molecule has 0 bridgehead atoms. The lowest BCUT2D eigenvalue weighted by Gasteiger charge is -2.30. The molecule has 1 fully saturated rings. The van der Waals surface area contributed by atoms with Gasteiger partial charge in [-0.2, -0.15) is 0 Å². The van der Waals surface area contributed by atoms with Gasteiger partial charge in [0.05, 0.1) is 22.5 Å². The summed E-state index contributed by atoms with van der Waals surface area (Å²) in [6.07, 6.45) is 2.78. The third kappa shape index (κ3) is 3.79. The average molecular weight is 394 g/mol. The average Bonchev–Trinajstić information content (AvgIpc) is 3.10. The van der Waals surface area contributed by atoms with E-state index in [1.54, 1.807) is 12.1 Å². The Morgan fingerprint density at radius 3 is 2.33 bits per heavy atom. The first kappa shape index (κ1) is 19.2. The molecule has 9 heteroatoms. The van der Waals surface area contributed by atoms with Crippen LogP contribution in [0.3, 0.4) is 0 Å². The number of methoxy groups -OCH3 is 1. The van der Waals surface area contributed by atoms with E-state index in [4.69, 9.17) is 4.74 Å². The summed E-state index contributed by atoms with van der Waals surface area (Å²) in [5.41, 5.74) is -0.614. The van der Waals surface area contributed by atoms with Gasteiger partial charge in [0.2, 0.25) is 10.0 Å². The van der Waals surface area contributed by atoms with Gasteiger partial charge in [-0.25, -0.2) is 17.5 Å². The second-order valence-electron chi connectivity index (χ2n) is 6.49. The van der Waals surface area contributed by atoms with Crippen LogP contribution in [0.2, 0.25) is 0 Å². The first-order valence-electron chi connectivity index (χ1n) is 8.40. The number of nitrogens with zero attached hydrogens (tertiary/aromatic N) is 1. The van der Waals surface area contributed by atoms with Crippen LogP contribution in [-0.2, 0) is 15.6 Å². The minimum Gasteiger partial charge on any atom is -0.490 e. The SMILES string of the molecule is COc1ccc(S(=O)(=O)NC2(c3ccc(F)cc3)CCCC2)cc1[N+](=O)[O-]. The first-order chi connectivity index (χ1) is 12.8. The maximum Gasteiger partial charge on any atom is 0.312 e. The summed E-state index contributed by atoms with van der Waals surface area (Å²) in [6, 6.07) is 9.23. The highest BCUT2D eigenvalue weighted by molar-refractivity contribution is 7.89. The maximum absolute atomic E-state index is 13.3. The predicted molar refractivity (Wildman–Crippen MR) is 96.5 cm³/mol. The van der Waals surface area contributed by atoms with Crippen LogP contribution in [0, 0.1) is 15.9 Å². The quantitative estimate of drug-likeness (QED) is 0.597. The van der Waals surface area contributed by atoms with Crippen molar-refractivity contribution in [1.82, 2.24) is 4.72 Å². The molecule has 0 heterocycles. The van der Waals surface area contributed by atoms with Crippen molar-refractivity contribution in [1.29, 1.82) is 0 Å². The van der Waals surface area contributed by atoms with Crippen LogP contribution < -0.4 is 9.46 Å². The van der Waals surface area contributed by atoms with Crippen molar-refractivity contribution in [3.05, 3.63) is 64.0 Å². The van der Waals surface area contributed by atoms with E-state index in [-0.39, 0.29) is 10.6 Å². The van der Waals surface area contributed by atoms with E-state index in [9.17, 15) is 22.9 Å². The molecule has 0 amide bonds. The van der Waals surface area contributed by atoms with Crippen LogP contribution in [0.15, 0.2) is 47.4 Å². The lowest BCUT2D eigenvalue weighted by molar-refractivity contribution is -0.386. The van der Waals surface area contributed by atoms with Gasteiger partial charge in [-0.05, 0) is 42.7 Å². The predicted octanol–water partition coefficient (Wildman–Crippen LogP) is 3.49. The number of benzene rings is 2. The van der Waals surface area contributed by atoms with Gasteiger partial charge in [0.15, 0.2) is 5.75 Å². The molecule has 1 aliphatic rings. The van der Waals surface area contributed by atoms with Crippen molar-refractivity contribution in [3.8, 4) is 5.75 Å². The molecule has 27 heavy (non-hydrogen) atoms. The molecular weight excluding hydrogens is 375 g/mol. The van der Waals surface area contributed by atoms with Crippen LogP contribution in [0.1, 0.15) is 31.2 Å². The highest BCUT2D eigenvalue weighted by atomic mass is 32.2. The Bertz CT molecular complexity index is 954. The third-order valence-corrected chi connectivity index (χ3v) is 6.37. The molecule has 2 aromatic rings. The summed E-state index contributed by atoms with van der Waals surface area (Å²) in [7, 11) is -2.77. The summed E-state index contributed by atoms with van der Waals surface area (Å²) in [5.74, 6) is -0.423. The number of hydrogen-bond donors (Lipinski definition) is 1. The lowest BCUT2D eigenvalue weighted by atomic mass is 9.89. The molecule has 0 saturated heterocycles. The fourth-order valence-corrected chi connectivity index (χ4v) is 4.96. The number of sulfonamides is 1. The Kier molecular flexibility index (Phi) is 5.16. The van der Waals surface area contributed by atoms with Gasteiger partial charge >= 0.3 is 5.69 Å². The van der Waals surface area contributed by atoms with E-state index < -0.39 is 32.0 Å². The van der Waals surface area contributed by atoms with E-state index in [0.29, 0.717) is 18.4 Å². The smallest absolute Gasteiger partial charge is 0.312 e. The largest absolute Gasteiger partial charge is 0.490 e. The van der Waals surface area contributed by atoms with Gasteiger partial charge < -0.3 is 4.74 Å². The maximum atomic E-state index is 13.3. The Balaban J connectivity index is 2.00. The lowest BCUT2D eigenvalue weighted by Crippen LogP contribution is -2.43. The second kappa shape index (κ2) is 7.24. The normalized spacial score (nSPS) is 16.2. The molecule has 7 nitrogen and oxygen atoms in total. The molecule has 0 spiro atoms. The van der Waals surface area contributed by atoms with Crippen molar-refractivity contribution >= 4 is 15.7 Å². The number of nitro benzene ring substituents is 1. The van der Waals surface area contributed by atoms with Crippen LogP contribution in [0.4, 0.5) is 10.1 Å². The van der Waals surface area contributed by atoms with Crippen LogP contribution in [0.25, 0.3) is 0 Å². The first-order valence-corrected chi connectivity index (χ1v) is 9.88. The number of hydrogen-bond acceptors (Lipinski definition) is 5. The molecule has 0 aromatic heterocycles. The zero-order chi connectivity index (χ0) is 19.7. The van der Waals surface area contributed by atoms with Gasteiger partial charge in [0.1, 0.15) is 5.82 Å². The standard InChI is InChI=1S/C18H19FN2O5S/c1-26-17-9-8-15(12-16(17)21(22)23)27(24,25)20-18(10-2-3-11-18)13-4-6-14(19)7-5-13/h4-9,12,20H,2-3,10-11H2,1H3. The third-order valence-electron chi connectivity index (χ3n) is 4.84. The zero-order valence-electron chi connectivity index (χ0n) is 14.6. The fourth-order valence-electron chi connectivity index (χ4n) is 3.49. The molecule has 2 aromatic carbocycles. The Morgan fingerprint density at radius 1 is 1.15 bits per heavy atom. The van der Waals surface area contributed by atoms with Crippen molar-refractivity contribution < 1.29 is 22.5 Å². The number of ether oxygens (including phenoxy) is 1. The van der Waals surface area contributed by atoms with E-state index in [2.05, 4.69) is 4.72 Å². The summed E-state index contributed by atoms with van der Waals surface area (Å²) < 4.78 is 46.8. The monoisotopic (exact) mass is 394 g/mol. The molecule has 1 aliphatic carbocycles. The molecular formula is C18H19FN2O5S. The summed E-state index contributed by atoms with van der Waals surface area (Å²) in [5, 5.41) is 11.2. The zero-order valence-corrected chi connectivity index (χ0v) is 15.5. The molecule has 0 atom stereocenters. The van der Waals surface area contributed by atoms with Crippen molar-refractivity contribution in [2.45, 2.75) is 36.1 Å². The Morgan fingerprint density at radius 2 is 1.78 bits per heavy atom. The summed E-state index contributed by atoms with van der Waals surface area (Å²) >= 11 is 0. The molecule has 1 N–H and O–H groups in total. The van der Waals surface area contributed by atoms with Crippen LogP contribution in [0.5, 0.6) is 5.75 Å². The number of halogens is 1. The fraction of sp³-hybridized carbons (Fsp3) is 0.333. The van der Waals surface area contributed by atoms with Gasteiger partial charge in [0.25, 0.3) is 0 Å². The highest BCUT2D eigenvalue weighted by Crippen LogP contribution is 2.40. The molecule has 144 valence electrons. The van der Waals surface area contributed by atoms with E-state index >= 15 is 0 Å². The highest BCUT2D eigenvalue weighted by Gasteiger charge is 2.40. The molecule has 1 saturated carbocycles. The summed E-state index contributed by atoms with van der Waals surface area (Å²) in [6.45, 7) is 0. The van der Waals surface area contributed by atoms with Gasteiger partial charge in [0, 0.05) is 6.07 Å². The topological polar surface area (TPSA) is 98.5 Å². The van der Waals surface area contributed by atoms with Gasteiger partial charge in [-0.15, -0.1) is 0 Å². The van der Waals surface area contributed by atoms with Gasteiger partial charge in [-0.1, -0.05) is 25.0 Å². The van der Waals surface area contributed by atoms with Crippen LogP contribution >= 0.6 is 0 Å². The molecule has 0 unspecified atom stereocenters. The Hall–Kier alpha value is -2.52. The van der Waals surface area contributed by atoms with Crippen LogP contribution in [-0.4, -0.2) is 20.5 Å². The number of nitrogens with one attached hydrogen (secondary N) is 1. The summed E-state index contributed by atoms with van der Waals surface area (Å²) in [4.78, 5) is 10.3. The minimum atomic E-state index is -4.05. The Labute approximate surface area is 156 Å². The van der Waals surface area contributed by atoms with Crippen molar-refractivity contribution in [2.24, 2.45) is 0 Å². The van der Waals surface area contributed by atoms with E-state index in [0.717, 1.165) is 18.9 Å².